The standard InChI is InChI=1S/C14H15F2NO2/c1-4-6-17-14(3,13(18)19-5-2)10-7-11(15)9-12(16)8-10/h1,7-9,17H,5-6H2,2-3H3. The average Bonchev–Trinajstić information content (AvgIpc) is 2.35. The summed E-state index contributed by atoms with van der Waals surface area (Å²) in [4.78, 5) is 12.0. The second-order valence-corrected chi connectivity index (χ2v) is 4.06. The molecule has 0 heterocycles. The Hall–Kier alpha value is -1.93. The van der Waals surface area contributed by atoms with Gasteiger partial charge >= 0.3 is 5.97 Å². The Labute approximate surface area is 111 Å². The van der Waals surface area contributed by atoms with Crippen molar-refractivity contribution in [2.24, 2.45) is 0 Å². The van der Waals surface area contributed by atoms with Crippen molar-refractivity contribution >= 4 is 5.97 Å². The largest absolute Gasteiger partial charge is 0.464 e. The second-order valence-electron chi connectivity index (χ2n) is 4.06. The lowest BCUT2D eigenvalue weighted by molar-refractivity contribution is -0.150. The Kier molecular flexibility index (Phi) is 5.02. The van der Waals surface area contributed by atoms with Crippen LogP contribution < -0.4 is 5.32 Å². The molecular formula is C14H15F2NO2. The van der Waals surface area contributed by atoms with Crippen molar-refractivity contribution < 1.29 is 18.3 Å². The maximum Gasteiger partial charge on any atom is 0.330 e. The van der Waals surface area contributed by atoms with Gasteiger partial charge in [-0.05, 0) is 31.5 Å². The molecule has 5 heteroatoms. The Morgan fingerprint density at radius 3 is 2.47 bits per heavy atom. The minimum absolute atomic E-state index is 0.0629. The van der Waals surface area contributed by atoms with Crippen molar-refractivity contribution in [3.8, 4) is 12.3 Å². The molecule has 0 bridgehead atoms. The fourth-order valence-electron chi connectivity index (χ4n) is 1.64. The Morgan fingerprint density at radius 1 is 1.42 bits per heavy atom. The lowest BCUT2D eigenvalue weighted by Crippen LogP contribution is -2.48. The molecule has 1 N–H and O–H groups in total. The molecule has 1 unspecified atom stereocenters. The van der Waals surface area contributed by atoms with E-state index in [1.807, 2.05) is 0 Å². The normalized spacial score (nSPS) is 13.4. The van der Waals surface area contributed by atoms with Gasteiger partial charge in [-0.2, -0.15) is 0 Å². The first-order valence-electron chi connectivity index (χ1n) is 5.76. The fraction of sp³-hybridized carbons (Fsp3) is 0.357. The van der Waals surface area contributed by atoms with Crippen molar-refractivity contribution in [3.05, 3.63) is 35.4 Å². The minimum atomic E-state index is -1.40. The van der Waals surface area contributed by atoms with Gasteiger partial charge in [-0.25, -0.2) is 13.6 Å². The van der Waals surface area contributed by atoms with E-state index in [1.54, 1.807) is 6.92 Å². The molecule has 19 heavy (non-hydrogen) atoms. The molecule has 0 aliphatic rings. The van der Waals surface area contributed by atoms with Gasteiger partial charge in [0.1, 0.15) is 17.2 Å². The van der Waals surface area contributed by atoms with Gasteiger partial charge in [0.2, 0.25) is 0 Å². The summed E-state index contributed by atoms with van der Waals surface area (Å²) >= 11 is 0. The van der Waals surface area contributed by atoms with Crippen LogP contribution in [-0.4, -0.2) is 19.1 Å². The van der Waals surface area contributed by atoms with E-state index in [2.05, 4.69) is 11.2 Å². The first kappa shape index (κ1) is 15.1. The van der Waals surface area contributed by atoms with Crippen LogP contribution in [0.5, 0.6) is 0 Å². The zero-order valence-electron chi connectivity index (χ0n) is 10.8. The number of halogens is 2. The van der Waals surface area contributed by atoms with E-state index in [4.69, 9.17) is 11.2 Å². The number of terminal acetylenes is 1. The lowest BCUT2D eigenvalue weighted by atomic mass is 9.91. The van der Waals surface area contributed by atoms with Crippen LogP contribution in [0.15, 0.2) is 18.2 Å². The Balaban J connectivity index is 3.22. The summed E-state index contributed by atoms with van der Waals surface area (Å²) in [5, 5.41) is 2.76. The number of esters is 1. The molecule has 1 rings (SSSR count). The molecule has 0 saturated heterocycles. The number of hydrogen-bond donors (Lipinski definition) is 1. The van der Waals surface area contributed by atoms with E-state index in [1.165, 1.54) is 6.92 Å². The SMILES string of the molecule is C#CCNC(C)(C(=O)OCC)c1cc(F)cc(F)c1. The molecule has 1 atom stereocenters. The maximum absolute atomic E-state index is 13.3. The molecule has 0 saturated carbocycles. The number of benzene rings is 1. The van der Waals surface area contributed by atoms with Gasteiger partial charge in [-0.3, -0.25) is 5.32 Å². The number of hydrogen-bond acceptors (Lipinski definition) is 3. The highest BCUT2D eigenvalue weighted by atomic mass is 19.1. The lowest BCUT2D eigenvalue weighted by Gasteiger charge is -2.28. The smallest absolute Gasteiger partial charge is 0.330 e. The summed E-state index contributed by atoms with van der Waals surface area (Å²) in [5.41, 5.74) is -1.27. The van der Waals surface area contributed by atoms with Crippen molar-refractivity contribution in [1.29, 1.82) is 0 Å². The van der Waals surface area contributed by atoms with Crippen LogP contribution in [0.3, 0.4) is 0 Å². The topological polar surface area (TPSA) is 38.3 Å². The Bertz CT molecular complexity index is 490. The molecule has 102 valence electrons. The van der Waals surface area contributed by atoms with Gasteiger partial charge < -0.3 is 4.74 Å². The van der Waals surface area contributed by atoms with Gasteiger partial charge in [0.25, 0.3) is 0 Å². The van der Waals surface area contributed by atoms with Gasteiger partial charge in [-0.15, -0.1) is 6.42 Å². The van der Waals surface area contributed by atoms with Crippen LogP contribution in [0.25, 0.3) is 0 Å². The number of carbonyl (C=O) groups is 1. The molecule has 3 nitrogen and oxygen atoms in total. The van der Waals surface area contributed by atoms with E-state index >= 15 is 0 Å². The van der Waals surface area contributed by atoms with Crippen LogP contribution in [0.4, 0.5) is 8.78 Å². The summed E-state index contributed by atoms with van der Waals surface area (Å²) in [7, 11) is 0. The van der Waals surface area contributed by atoms with Gasteiger partial charge in [-0.1, -0.05) is 5.92 Å². The molecule has 1 aromatic carbocycles. The molecule has 0 spiro atoms. The quantitative estimate of drug-likeness (QED) is 0.654. The molecule has 0 aliphatic heterocycles. The van der Waals surface area contributed by atoms with Gasteiger partial charge in [0.15, 0.2) is 0 Å². The van der Waals surface area contributed by atoms with Crippen LogP contribution >= 0.6 is 0 Å². The summed E-state index contributed by atoms with van der Waals surface area (Å²) in [6.07, 6.45) is 5.13. The van der Waals surface area contributed by atoms with E-state index in [-0.39, 0.29) is 18.7 Å². The summed E-state index contributed by atoms with van der Waals surface area (Å²) in [6.45, 7) is 3.33. The van der Waals surface area contributed by atoms with Crippen molar-refractivity contribution in [2.45, 2.75) is 19.4 Å². The van der Waals surface area contributed by atoms with Crippen LogP contribution in [0.1, 0.15) is 19.4 Å². The number of rotatable bonds is 5. The van der Waals surface area contributed by atoms with Crippen molar-refractivity contribution in [2.75, 3.05) is 13.2 Å². The van der Waals surface area contributed by atoms with E-state index in [0.717, 1.165) is 18.2 Å². The second kappa shape index (κ2) is 6.30. The van der Waals surface area contributed by atoms with Crippen LogP contribution in [0, 0.1) is 24.0 Å². The highest BCUT2D eigenvalue weighted by molar-refractivity contribution is 5.82. The third kappa shape index (κ3) is 3.52. The maximum atomic E-state index is 13.3. The zero-order chi connectivity index (χ0) is 14.5. The zero-order valence-corrected chi connectivity index (χ0v) is 10.8. The summed E-state index contributed by atoms with van der Waals surface area (Å²) in [6, 6.07) is 2.88. The number of carbonyl (C=O) groups excluding carboxylic acids is 1. The van der Waals surface area contributed by atoms with Crippen molar-refractivity contribution in [1.82, 2.24) is 5.32 Å². The van der Waals surface area contributed by atoms with E-state index in [9.17, 15) is 13.6 Å². The molecular weight excluding hydrogens is 252 g/mol. The Morgan fingerprint density at radius 2 is 2.00 bits per heavy atom. The fourth-order valence-corrected chi connectivity index (χ4v) is 1.64. The number of ether oxygens (including phenoxy) is 1. The molecule has 0 aromatic heterocycles. The minimum Gasteiger partial charge on any atom is -0.464 e. The van der Waals surface area contributed by atoms with Crippen LogP contribution in [0.2, 0.25) is 0 Å². The molecule has 0 aliphatic carbocycles. The monoisotopic (exact) mass is 267 g/mol. The summed E-state index contributed by atoms with van der Waals surface area (Å²) < 4.78 is 31.5. The summed E-state index contributed by atoms with van der Waals surface area (Å²) in [5.74, 6) is 0.129. The number of nitrogens with one attached hydrogen (secondary N) is 1. The first-order valence-corrected chi connectivity index (χ1v) is 5.76. The van der Waals surface area contributed by atoms with Gasteiger partial charge in [0.05, 0.1) is 13.2 Å². The highest BCUT2D eigenvalue weighted by Gasteiger charge is 2.36. The third-order valence-electron chi connectivity index (χ3n) is 2.67. The predicted octanol–water partition coefficient (Wildman–Crippen LogP) is 1.97. The van der Waals surface area contributed by atoms with Crippen LogP contribution in [-0.2, 0) is 15.1 Å². The van der Waals surface area contributed by atoms with E-state index in [0.29, 0.717) is 0 Å². The van der Waals surface area contributed by atoms with Gasteiger partial charge in [0, 0.05) is 6.07 Å². The molecule has 0 radical (unpaired) electrons. The highest BCUT2D eigenvalue weighted by Crippen LogP contribution is 2.24. The average molecular weight is 267 g/mol. The first-order chi connectivity index (χ1) is 8.93. The molecule has 0 amide bonds. The van der Waals surface area contributed by atoms with E-state index < -0.39 is 23.1 Å². The molecule has 1 aromatic rings. The van der Waals surface area contributed by atoms with Crippen molar-refractivity contribution in [3.63, 3.8) is 0 Å². The third-order valence-corrected chi connectivity index (χ3v) is 2.67. The molecule has 0 fully saturated rings. The predicted molar refractivity (Wildman–Crippen MR) is 67.2 cm³/mol.